The van der Waals surface area contributed by atoms with Gasteiger partial charge >= 0.3 is 0 Å². The molecule has 0 spiro atoms. The van der Waals surface area contributed by atoms with Crippen LogP contribution in [0.1, 0.15) is 36.2 Å². The third kappa shape index (κ3) is 3.63. The van der Waals surface area contributed by atoms with Crippen molar-refractivity contribution in [3.63, 3.8) is 0 Å². The molecule has 0 aliphatic carbocycles. The van der Waals surface area contributed by atoms with Gasteiger partial charge in [-0.3, -0.25) is 14.4 Å². The number of hydrogen-bond acceptors (Lipinski definition) is 3. The van der Waals surface area contributed by atoms with Crippen molar-refractivity contribution in [3.8, 4) is 0 Å². The first-order valence-corrected chi connectivity index (χ1v) is 7.27. The van der Waals surface area contributed by atoms with E-state index < -0.39 is 11.6 Å². The van der Waals surface area contributed by atoms with E-state index in [9.17, 15) is 14.4 Å². The molecule has 0 radical (unpaired) electrons. The van der Waals surface area contributed by atoms with Crippen LogP contribution in [0.15, 0.2) is 24.3 Å². The van der Waals surface area contributed by atoms with Crippen LogP contribution in [-0.4, -0.2) is 35.8 Å². The second-order valence-electron chi connectivity index (χ2n) is 6.05. The molecular weight excluding hydrogens is 282 g/mol. The number of aryl methyl sites for hydroxylation is 1. The Morgan fingerprint density at radius 1 is 1.32 bits per heavy atom. The van der Waals surface area contributed by atoms with Crippen LogP contribution in [0.5, 0.6) is 0 Å². The number of rotatable bonds is 4. The summed E-state index contributed by atoms with van der Waals surface area (Å²) in [7, 11) is 0. The lowest BCUT2D eigenvalue weighted by Crippen LogP contribution is -2.57. The molecule has 2 rings (SSSR count). The van der Waals surface area contributed by atoms with Crippen molar-refractivity contribution in [2.75, 3.05) is 6.54 Å². The lowest BCUT2D eigenvalue weighted by molar-refractivity contribution is -0.130. The Morgan fingerprint density at radius 2 is 2.05 bits per heavy atom. The van der Waals surface area contributed by atoms with Gasteiger partial charge in [0.05, 0.1) is 0 Å². The maximum Gasteiger partial charge on any atom is 0.252 e. The van der Waals surface area contributed by atoms with Gasteiger partial charge in [0.25, 0.3) is 5.91 Å². The van der Waals surface area contributed by atoms with E-state index in [0.717, 1.165) is 5.56 Å². The van der Waals surface area contributed by atoms with Crippen molar-refractivity contribution in [1.29, 1.82) is 0 Å². The zero-order valence-corrected chi connectivity index (χ0v) is 13.0. The first-order valence-electron chi connectivity index (χ1n) is 7.27. The molecule has 1 fully saturated rings. The first-order chi connectivity index (χ1) is 10.3. The van der Waals surface area contributed by atoms with Gasteiger partial charge in [-0.05, 0) is 39.3 Å². The van der Waals surface area contributed by atoms with E-state index in [1.165, 1.54) is 0 Å². The smallest absolute Gasteiger partial charge is 0.252 e. The molecule has 0 aromatic heterocycles. The van der Waals surface area contributed by atoms with Crippen LogP contribution in [0.2, 0.25) is 0 Å². The molecule has 1 aliphatic heterocycles. The highest BCUT2D eigenvalue weighted by molar-refractivity contribution is 6.00. The molecule has 1 saturated heterocycles. The predicted molar refractivity (Wildman–Crippen MR) is 82.3 cm³/mol. The highest BCUT2D eigenvalue weighted by Crippen LogP contribution is 2.10. The van der Waals surface area contributed by atoms with Gasteiger partial charge in [0.15, 0.2) is 0 Å². The van der Waals surface area contributed by atoms with Crippen LogP contribution in [-0.2, 0) is 9.59 Å². The van der Waals surface area contributed by atoms with Gasteiger partial charge in [0, 0.05) is 12.1 Å². The van der Waals surface area contributed by atoms with Gasteiger partial charge in [-0.1, -0.05) is 17.7 Å². The van der Waals surface area contributed by atoms with Crippen molar-refractivity contribution in [3.05, 3.63) is 35.4 Å². The molecule has 1 unspecified atom stereocenters. The molecule has 1 aromatic rings. The van der Waals surface area contributed by atoms with Gasteiger partial charge in [-0.2, -0.15) is 0 Å². The van der Waals surface area contributed by atoms with Gasteiger partial charge in [-0.15, -0.1) is 0 Å². The summed E-state index contributed by atoms with van der Waals surface area (Å²) >= 11 is 0. The molecule has 1 aliphatic rings. The summed E-state index contributed by atoms with van der Waals surface area (Å²) in [6.45, 7) is 5.68. The highest BCUT2D eigenvalue weighted by atomic mass is 16.2. The van der Waals surface area contributed by atoms with E-state index in [1.54, 1.807) is 32.0 Å². The van der Waals surface area contributed by atoms with E-state index in [4.69, 9.17) is 0 Å². The van der Waals surface area contributed by atoms with Crippen LogP contribution in [0.25, 0.3) is 0 Å². The molecule has 0 bridgehead atoms. The lowest BCUT2D eigenvalue weighted by Gasteiger charge is -2.26. The summed E-state index contributed by atoms with van der Waals surface area (Å²) in [4.78, 5) is 36.0. The number of hydrogen-bond donors (Lipinski definition) is 3. The Kier molecular flexibility index (Phi) is 4.49. The van der Waals surface area contributed by atoms with Gasteiger partial charge in [-0.25, -0.2) is 0 Å². The third-order valence-corrected chi connectivity index (χ3v) is 3.63. The minimum atomic E-state index is -1.11. The fourth-order valence-corrected chi connectivity index (χ4v) is 2.27. The Hall–Kier alpha value is -2.37. The van der Waals surface area contributed by atoms with Gasteiger partial charge < -0.3 is 16.0 Å². The fourth-order valence-electron chi connectivity index (χ4n) is 2.27. The van der Waals surface area contributed by atoms with Crippen molar-refractivity contribution >= 4 is 17.7 Å². The molecule has 6 heteroatoms. The van der Waals surface area contributed by atoms with Crippen molar-refractivity contribution in [1.82, 2.24) is 16.0 Å². The maximum atomic E-state index is 12.3. The quantitative estimate of drug-likeness (QED) is 0.757. The normalized spacial score (nSPS) is 17.8. The maximum absolute atomic E-state index is 12.3. The SMILES string of the molecule is Cc1cccc(C(=O)NC(C)(C)C(=O)NC2CCNC2=O)c1. The Labute approximate surface area is 129 Å². The Bertz CT molecular complexity index is 610. The van der Waals surface area contributed by atoms with Crippen LogP contribution in [0, 0.1) is 6.92 Å². The third-order valence-electron chi connectivity index (χ3n) is 3.63. The van der Waals surface area contributed by atoms with E-state index in [1.807, 2.05) is 13.0 Å². The number of benzene rings is 1. The fraction of sp³-hybridized carbons (Fsp3) is 0.438. The van der Waals surface area contributed by atoms with Crippen LogP contribution in [0.3, 0.4) is 0 Å². The second kappa shape index (κ2) is 6.17. The summed E-state index contributed by atoms with van der Waals surface area (Å²) in [5, 5.41) is 8.04. The zero-order chi connectivity index (χ0) is 16.3. The Balaban J connectivity index is 2.01. The number of carbonyl (C=O) groups is 3. The second-order valence-corrected chi connectivity index (χ2v) is 6.05. The lowest BCUT2D eigenvalue weighted by atomic mass is 10.0. The summed E-state index contributed by atoms with van der Waals surface area (Å²) in [5.41, 5.74) is 0.362. The topological polar surface area (TPSA) is 87.3 Å². The van der Waals surface area contributed by atoms with E-state index in [-0.39, 0.29) is 17.7 Å². The number of nitrogens with one attached hydrogen (secondary N) is 3. The van der Waals surface area contributed by atoms with Crippen molar-refractivity contribution in [2.24, 2.45) is 0 Å². The van der Waals surface area contributed by atoms with Crippen molar-refractivity contribution < 1.29 is 14.4 Å². The Morgan fingerprint density at radius 3 is 2.64 bits per heavy atom. The average Bonchev–Trinajstić information content (AvgIpc) is 2.83. The standard InChI is InChI=1S/C16H21N3O3/c1-10-5-4-6-11(9-10)13(20)19-16(2,3)15(22)18-12-7-8-17-14(12)21/h4-6,9,12H,7-8H2,1-3H3,(H,17,21)(H,18,22)(H,19,20). The molecule has 6 nitrogen and oxygen atoms in total. The number of carbonyl (C=O) groups excluding carboxylic acids is 3. The van der Waals surface area contributed by atoms with Crippen LogP contribution >= 0.6 is 0 Å². The summed E-state index contributed by atoms with van der Waals surface area (Å²) in [5.74, 6) is -0.885. The summed E-state index contributed by atoms with van der Waals surface area (Å²) in [6, 6.07) is 6.62. The van der Waals surface area contributed by atoms with E-state index in [0.29, 0.717) is 18.5 Å². The number of amides is 3. The molecule has 3 amide bonds. The van der Waals surface area contributed by atoms with Crippen LogP contribution < -0.4 is 16.0 Å². The first kappa shape index (κ1) is 16.0. The average molecular weight is 303 g/mol. The summed E-state index contributed by atoms with van der Waals surface area (Å²) < 4.78 is 0. The molecule has 0 saturated carbocycles. The minimum Gasteiger partial charge on any atom is -0.354 e. The molecular formula is C16H21N3O3. The molecule has 1 atom stereocenters. The van der Waals surface area contributed by atoms with Crippen molar-refractivity contribution in [2.45, 2.75) is 38.8 Å². The van der Waals surface area contributed by atoms with E-state index in [2.05, 4.69) is 16.0 Å². The summed E-state index contributed by atoms with van der Waals surface area (Å²) in [6.07, 6.45) is 0.562. The monoisotopic (exact) mass is 303 g/mol. The largest absolute Gasteiger partial charge is 0.354 e. The highest BCUT2D eigenvalue weighted by Gasteiger charge is 2.34. The predicted octanol–water partition coefficient (Wildman–Crippen LogP) is 0.508. The molecule has 1 heterocycles. The van der Waals surface area contributed by atoms with Crippen LogP contribution in [0.4, 0.5) is 0 Å². The molecule has 22 heavy (non-hydrogen) atoms. The minimum absolute atomic E-state index is 0.186. The van der Waals surface area contributed by atoms with E-state index >= 15 is 0 Å². The van der Waals surface area contributed by atoms with Gasteiger partial charge in [0.2, 0.25) is 11.8 Å². The molecule has 118 valence electrons. The molecule has 3 N–H and O–H groups in total. The molecule has 1 aromatic carbocycles. The zero-order valence-electron chi connectivity index (χ0n) is 13.0. The van der Waals surface area contributed by atoms with Gasteiger partial charge in [0.1, 0.15) is 11.6 Å².